The van der Waals surface area contributed by atoms with E-state index in [0.717, 1.165) is 32.7 Å². The monoisotopic (exact) mass is 343 g/mol. The molecule has 0 radical (unpaired) electrons. The second-order valence-electron chi connectivity index (χ2n) is 6.90. The number of amides is 1. The van der Waals surface area contributed by atoms with Gasteiger partial charge in [-0.2, -0.15) is 0 Å². The van der Waals surface area contributed by atoms with Gasteiger partial charge in [-0.3, -0.25) is 4.79 Å². The van der Waals surface area contributed by atoms with Crippen LogP contribution in [0.5, 0.6) is 0 Å². The third-order valence-electron chi connectivity index (χ3n) is 4.74. The SMILES string of the molecule is Cc1cccc(C[NH+]2CC[NH+](CC(=O)Nc3ccc(F)cc3)CC2)c1. The first-order valence-corrected chi connectivity index (χ1v) is 8.86. The molecule has 1 saturated heterocycles. The van der Waals surface area contributed by atoms with Gasteiger partial charge in [0.1, 0.15) is 38.5 Å². The Morgan fingerprint density at radius 1 is 1.04 bits per heavy atom. The lowest BCUT2D eigenvalue weighted by atomic mass is 10.1. The van der Waals surface area contributed by atoms with Gasteiger partial charge in [0, 0.05) is 11.3 Å². The molecule has 0 aromatic heterocycles. The maximum Gasteiger partial charge on any atom is 0.279 e. The predicted molar refractivity (Wildman–Crippen MR) is 96.2 cm³/mol. The molecule has 0 atom stereocenters. The molecule has 0 saturated carbocycles. The summed E-state index contributed by atoms with van der Waals surface area (Å²) in [6.07, 6.45) is 0. The van der Waals surface area contributed by atoms with E-state index >= 15 is 0 Å². The van der Waals surface area contributed by atoms with Gasteiger partial charge in [0.05, 0.1) is 0 Å². The van der Waals surface area contributed by atoms with E-state index in [4.69, 9.17) is 0 Å². The van der Waals surface area contributed by atoms with Crippen LogP contribution < -0.4 is 15.1 Å². The minimum absolute atomic E-state index is 0.0104. The molecule has 0 spiro atoms. The molecule has 4 nitrogen and oxygen atoms in total. The van der Waals surface area contributed by atoms with Gasteiger partial charge in [-0.1, -0.05) is 29.8 Å². The molecule has 25 heavy (non-hydrogen) atoms. The molecule has 0 unspecified atom stereocenters. The molecule has 1 aliphatic heterocycles. The van der Waals surface area contributed by atoms with Gasteiger partial charge in [-0.15, -0.1) is 0 Å². The predicted octanol–water partition coefficient (Wildman–Crippen LogP) is 0.0562. The van der Waals surface area contributed by atoms with E-state index in [1.807, 2.05) is 0 Å². The zero-order chi connectivity index (χ0) is 17.6. The largest absolute Gasteiger partial charge is 0.322 e. The topological polar surface area (TPSA) is 38.0 Å². The highest BCUT2D eigenvalue weighted by molar-refractivity contribution is 5.91. The highest BCUT2D eigenvalue weighted by Crippen LogP contribution is 2.07. The molecule has 3 rings (SSSR count). The van der Waals surface area contributed by atoms with Crippen LogP contribution in [0.25, 0.3) is 0 Å². The number of halogens is 1. The van der Waals surface area contributed by atoms with E-state index in [2.05, 4.69) is 36.5 Å². The summed E-state index contributed by atoms with van der Waals surface area (Å²) in [6.45, 7) is 7.79. The number of hydrogen-bond donors (Lipinski definition) is 3. The first-order valence-electron chi connectivity index (χ1n) is 8.86. The van der Waals surface area contributed by atoms with Gasteiger partial charge < -0.3 is 15.1 Å². The van der Waals surface area contributed by atoms with Crippen LogP contribution in [0.1, 0.15) is 11.1 Å². The number of carbonyl (C=O) groups excluding carboxylic acids is 1. The van der Waals surface area contributed by atoms with Crippen LogP contribution in [0, 0.1) is 12.7 Å². The number of anilines is 1. The quantitative estimate of drug-likeness (QED) is 0.706. The minimum Gasteiger partial charge on any atom is -0.322 e. The maximum absolute atomic E-state index is 12.9. The first-order chi connectivity index (χ1) is 12.1. The van der Waals surface area contributed by atoms with Gasteiger partial charge in [0.15, 0.2) is 6.54 Å². The lowest BCUT2D eigenvalue weighted by molar-refractivity contribution is -1.02. The van der Waals surface area contributed by atoms with Crippen molar-refractivity contribution in [3.63, 3.8) is 0 Å². The Hall–Kier alpha value is -2.24. The molecule has 1 fully saturated rings. The minimum atomic E-state index is -0.295. The molecule has 1 heterocycles. The first kappa shape index (κ1) is 17.6. The number of rotatable bonds is 5. The van der Waals surface area contributed by atoms with Crippen molar-refractivity contribution in [2.75, 3.05) is 38.0 Å². The Kier molecular flexibility index (Phi) is 5.79. The fourth-order valence-corrected chi connectivity index (χ4v) is 3.39. The Bertz CT molecular complexity index is 709. The van der Waals surface area contributed by atoms with E-state index in [-0.39, 0.29) is 11.7 Å². The molecule has 1 aliphatic rings. The average Bonchev–Trinajstić information content (AvgIpc) is 2.59. The molecule has 132 valence electrons. The summed E-state index contributed by atoms with van der Waals surface area (Å²) in [6, 6.07) is 14.6. The van der Waals surface area contributed by atoms with Crippen LogP contribution in [0.2, 0.25) is 0 Å². The highest BCUT2D eigenvalue weighted by atomic mass is 19.1. The van der Waals surface area contributed by atoms with Gasteiger partial charge >= 0.3 is 0 Å². The molecular weight excluding hydrogens is 317 g/mol. The van der Waals surface area contributed by atoms with Crippen LogP contribution in [-0.4, -0.2) is 38.6 Å². The van der Waals surface area contributed by atoms with Crippen molar-refractivity contribution in [3.05, 3.63) is 65.5 Å². The van der Waals surface area contributed by atoms with Gasteiger partial charge in [0.25, 0.3) is 5.91 Å². The number of hydrogen-bond acceptors (Lipinski definition) is 1. The molecular formula is C20H26FN3O+2. The molecule has 0 bridgehead atoms. The van der Waals surface area contributed by atoms with Gasteiger partial charge in [-0.25, -0.2) is 4.39 Å². The van der Waals surface area contributed by atoms with Crippen molar-refractivity contribution in [2.45, 2.75) is 13.5 Å². The molecule has 0 aliphatic carbocycles. The van der Waals surface area contributed by atoms with E-state index in [9.17, 15) is 9.18 Å². The fourth-order valence-electron chi connectivity index (χ4n) is 3.39. The summed E-state index contributed by atoms with van der Waals surface area (Å²) < 4.78 is 12.9. The summed E-state index contributed by atoms with van der Waals surface area (Å²) in [4.78, 5) is 15.0. The van der Waals surface area contributed by atoms with Crippen molar-refractivity contribution < 1.29 is 19.0 Å². The number of nitrogens with one attached hydrogen (secondary N) is 3. The summed E-state index contributed by atoms with van der Waals surface area (Å²) in [5.74, 6) is -0.305. The lowest BCUT2D eigenvalue weighted by Gasteiger charge is -2.29. The third-order valence-corrected chi connectivity index (χ3v) is 4.74. The zero-order valence-corrected chi connectivity index (χ0v) is 14.6. The second-order valence-corrected chi connectivity index (χ2v) is 6.90. The molecule has 3 N–H and O–H groups in total. The molecule has 2 aromatic rings. The molecule has 5 heteroatoms. The summed E-state index contributed by atoms with van der Waals surface area (Å²) in [5, 5.41) is 2.84. The number of carbonyl (C=O) groups is 1. The summed E-state index contributed by atoms with van der Waals surface area (Å²) >= 11 is 0. The molecule has 1 amide bonds. The van der Waals surface area contributed by atoms with E-state index in [0.29, 0.717) is 12.2 Å². The fraction of sp³-hybridized carbons (Fsp3) is 0.350. The summed E-state index contributed by atoms with van der Waals surface area (Å²) in [7, 11) is 0. The lowest BCUT2D eigenvalue weighted by Crippen LogP contribution is -3.28. The Balaban J connectivity index is 1.42. The number of aryl methyl sites for hydroxylation is 1. The van der Waals surface area contributed by atoms with Crippen molar-refractivity contribution in [3.8, 4) is 0 Å². The average molecular weight is 343 g/mol. The van der Waals surface area contributed by atoms with E-state index in [1.165, 1.54) is 28.2 Å². The van der Waals surface area contributed by atoms with Crippen molar-refractivity contribution >= 4 is 11.6 Å². The van der Waals surface area contributed by atoms with Gasteiger partial charge in [0.2, 0.25) is 0 Å². The van der Waals surface area contributed by atoms with Crippen LogP contribution in [0.15, 0.2) is 48.5 Å². The number of benzene rings is 2. The Morgan fingerprint density at radius 3 is 2.40 bits per heavy atom. The second kappa shape index (κ2) is 8.23. The van der Waals surface area contributed by atoms with Crippen LogP contribution in [-0.2, 0) is 11.3 Å². The maximum atomic E-state index is 12.9. The van der Waals surface area contributed by atoms with Crippen LogP contribution in [0.4, 0.5) is 10.1 Å². The highest BCUT2D eigenvalue weighted by Gasteiger charge is 2.24. The van der Waals surface area contributed by atoms with Crippen LogP contribution >= 0.6 is 0 Å². The van der Waals surface area contributed by atoms with Gasteiger partial charge in [-0.05, 0) is 31.2 Å². The number of quaternary nitrogens is 2. The van der Waals surface area contributed by atoms with Crippen LogP contribution in [0.3, 0.4) is 0 Å². The summed E-state index contributed by atoms with van der Waals surface area (Å²) in [5.41, 5.74) is 3.33. The van der Waals surface area contributed by atoms with Crippen molar-refractivity contribution in [2.24, 2.45) is 0 Å². The third kappa shape index (κ3) is 5.37. The molecule has 2 aromatic carbocycles. The zero-order valence-electron chi connectivity index (χ0n) is 14.6. The van der Waals surface area contributed by atoms with E-state index in [1.54, 1.807) is 17.0 Å². The van der Waals surface area contributed by atoms with Crippen molar-refractivity contribution in [1.29, 1.82) is 0 Å². The number of piperazine rings is 1. The normalized spacial score (nSPS) is 20.2. The van der Waals surface area contributed by atoms with Crippen molar-refractivity contribution in [1.82, 2.24) is 0 Å². The standard InChI is InChI=1S/C20H24FN3O/c1-16-3-2-4-17(13-16)14-23-9-11-24(12-10-23)15-20(25)22-19-7-5-18(21)6-8-19/h2-8,13H,9-12,14-15H2,1H3,(H,22,25)/p+2. The Labute approximate surface area is 148 Å². The Morgan fingerprint density at radius 2 is 1.72 bits per heavy atom. The smallest absolute Gasteiger partial charge is 0.279 e. The van der Waals surface area contributed by atoms with E-state index < -0.39 is 0 Å².